The van der Waals surface area contributed by atoms with Gasteiger partial charge in [0.2, 0.25) is 0 Å². The lowest BCUT2D eigenvalue weighted by Gasteiger charge is -2.21. The summed E-state index contributed by atoms with van der Waals surface area (Å²) in [5.41, 5.74) is 5.62. The molecule has 0 saturated carbocycles. The minimum absolute atomic E-state index is 0.308. The summed E-state index contributed by atoms with van der Waals surface area (Å²) in [5.74, 6) is 0. The molecular formula is C14H10N-. The monoisotopic (exact) mass is 192 g/mol. The second-order valence-corrected chi connectivity index (χ2v) is 4.21. The molecule has 1 heteroatoms. The number of fused-ring (bicyclic) bond motifs is 8. The Labute approximate surface area is 88.8 Å². The number of hydrogen-bond acceptors (Lipinski definition) is 0. The van der Waals surface area contributed by atoms with Crippen molar-refractivity contribution < 1.29 is 0 Å². The molecule has 0 spiro atoms. The van der Waals surface area contributed by atoms with Crippen LogP contribution in [0.3, 0.4) is 0 Å². The average molecular weight is 192 g/mol. The fraction of sp³-hybridized carbons (Fsp3) is 0.143. The van der Waals surface area contributed by atoms with Crippen LogP contribution in [-0.2, 0) is 0 Å². The highest BCUT2D eigenvalue weighted by Crippen LogP contribution is 2.57. The lowest BCUT2D eigenvalue weighted by Crippen LogP contribution is -2.01. The van der Waals surface area contributed by atoms with Crippen LogP contribution in [0.25, 0.3) is 5.32 Å². The molecule has 0 N–H and O–H groups in total. The molecule has 0 aromatic heterocycles. The SMILES string of the molecule is c1ccc2c(c1)C1[N-]C2c2ccccc21. The largest absolute Gasteiger partial charge is 0.641 e. The van der Waals surface area contributed by atoms with Crippen molar-refractivity contribution in [1.29, 1.82) is 0 Å². The van der Waals surface area contributed by atoms with Gasteiger partial charge in [-0.05, 0) is 0 Å². The Bertz CT molecular complexity index is 449. The smallest absolute Gasteiger partial charge is 0.0591 e. The minimum Gasteiger partial charge on any atom is -0.641 e. The normalized spacial score (nSPS) is 25.1. The molecular weight excluding hydrogens is 182 g/mol. The number of rotatable bonds is 0. The second kappa shape index (κ2) is 2.50. The van der Waals surface area contributed by atoms with Gasteiger partial charge in [-0.2, -0.15) is 0 Å². The molecule has 0 unspecified atom stereocenters. The molecule has 15 heavy (non-hydrogen) atoms. The Hall–Kier alpha value is -1.60. The van der Waals surface area contributed by atoms with Gasteiger partial charge in [0.1, 0.15) is 0 Å². The van der Waals surface area contributed by atoms with Crippen LogP contribution in [0.1, 0.15) is 34.3 Å². The Kier molecular flexibility index (Phi) is 1.28. The van der Waals surface area contributed by atoms with Crippen molar-refractivity contribution in [2.75, 3.05) is 0 Å². The van der Waals surface area contributed by atoms with E-state index in [1.54, 1.807) is 0 Å². The fourth-order valence-corrected chi connectivity index (χ4v) is 2.82. The van der Waals surface area contributed by atoms with Crippen molar-refractivity contribution in [1.82, 2.24) is 0 Å². The summed E-state index contributed by atoms with van der Waals surface area (Å²) < 4.78 is 0. The molecule has 72 valence electrons. The highest BCUT2D eigenvalue weighted by atomic mass is 15.0. The highest BCUT2D eigenvalue weighted by molar-refractivity contribution is 5.63. The van der Waals surface area contributed by atoms with E-state index in [9.17, 15) is 0 Å². The van der Waals surface area contributed by atoms with Gasteiger partial charge < -0.3 is 5.32 Å². The Morgan fingerprint density at radius 3 is 1.27 bits per heavy atom. The molecule has 0 fully saturated rings. The number of hydrogen-bond donors (Lipinski definition) is 0. The van der Waals surface area contributed by atoms with Crippen LogP contribution < -0.4 is 0 Å². The van der Waals surface area contributed by atoms with Crippen molar-refractivity contribution in [2.45, 2.75) is 12.1 Å². The van der Waals surface area contributed by atoms with E-state index in [0.29, 0.717) is 12.1 Å². The minimum atomic E-state index is 0.308. The molecule has 0 aliphatic carbocycles. The van der Waals surface area contributed by atoms with Crippen LogP contribution >= 0.6 is 0 Å². The molecule has 2 heterocycles. The zero-order chi connectivity index (χ0) is 9.83. The van der Waals surface area contributed by atoms with E-state index in [2.05, 4.69) is 48.5 Å². The van der Waals surface area contributed by atoms with Gasteiger partial charge in [-0.3, -0.25) is 0 Å². The van der Waals surface area contributed by atoms with Crippen molar-refractivity contribution in [3.8, 4) is 0 Å². The molecule has 2 aliphatic rings. The molecule has 0 radical (unpaired) electrons. The Morgan fingerprint density at radius 1 is 0.600 bits per heavy atom. The molecule has 4 rings (SSSR count). The molecule has 0 amide bonds. The summed E-state index contributed by atoms with van der Waals surface area (Å²) in [5, 5.41) is 4.84. The van der Waals surface area contributed by atoms with Gasteiger partial charge in [-0.15, -0.1) is 0 Å². The lowest BCUT2D eigenvalue weighted by atomic mass is 9.86. The molecule has 0 atom stereocenters. The zero-order valence-electron chi connectivity index (χ0n) is 8.22. The van der Waals surface area contributed by atoms with Crippen LogP contribution in [0.15, 0.2) is 48.5 Å². The van der Waals surface area contributed by atoms with Crippen LogP contribution in [0, 0.1) is 0 Å². The maximum atomic E-state index is 4.84. The summed E-state index contributed by atoms with van der Waals surface area (Å²) in [4.78, 5) is 0. The van der Waals surface area contributed by atoms with E-state index in [1.165, 1.54) is 22.3 Å². The summed E-state index contributed by atoms with van der Waals surface area (Å²) >= 11 is 0. The average Bonchev–Trinajstić information content (AvgIpc) is 2.86. The van der Waals surface area contributed by atoms with Crippen LogP contribution in [0.5, 0.6) is 0 Å². The lowest BCUT2D eigenvalue weighted by molar-refractivity contribution is 1.04. The Morgan fingerprint density at radius 2 is 0.933 bits per heavy atom. The third-order valence-corrected chi connectivity index (χ3v) is 3.47. The van der Waals surface area contributed by atoms with E-state index in [-0.39, 0.29) is 0 Å². The van der Waals surface area contributed by atoms with E-state index >= 15 is 0 Å². The van der Waals surface area contributed by atoms with Gasteiger partial charge in [-0.1, -0.05) is 82.9 Å². The first-order valence-corrected chi connectivity index (χ1v) is 5.33. The van der Waals surface area contributed by atoms with Gasteiger partial charge >= 0.3 is 0 Å². The quantitative estimate of drug-likeness (QED) is 0.606. The first-order valence-electron chi connectivity index (χ1n) is 5.33. The predicted octanol–water partition coefficient (Wildman–Crippen LogP) is 3.57. The highest BCUT2D eigenvalue weighted by Gasteiger charge is 2.30. The molecule has 2 aromatic rings. The van der Waals surface area contributed by atoms with Gasteiger partial charge in [-0.25, -0.2) is 0 Å². The van der Waals surface area contributed by atoms with Gasteiger partial charge in [0, 0.05) is 0 Å². The molecule has 2 bridgehead atoms. The summed E-state index contributed by atoms with van der Waals surface area (Å²) in [7, 11) is 0. The van der Waals surface area contributed by atoms with Gasteiger partial charge in [0.25, 0.3) is 0 Å². The van der Waals surface area contributed by atoms with E-state index in [4.69, 9.17) is 5.32 Å². The first kappa shape index (κ1) is 7.66. The van der Waals surface area contributed by atoms with Crippen molar-refractivity contribution >= 4 is 0 Å². The first-order chi connectivity index (χ1) is 7.45. The topological polar surface area (TPSA) is 14.1 Å². The molecule has 2 aliphatic heterocycles. The maximum absolute atomic E-state index is 4.84. The van der Waals surface area contributed by atoms with Crippen molar-refractivity contribution in [2.24, 2.45) is 0 Å². The van der Waals surface area contributed by atoms with Crippen molar-refractivity contribution in [3.05, 3.63) is 76.1 Å². The van der Waals surface area contributed by atoms with Crippen LogP contribution in [-0.4, -0.2) is 0 Å². The number of nitrogens with zero attached hydrogens (tertiary/aromatic N) is 1. The summed E-state index contributed by atoms with van der Waals surface area (Å²) in [6.07, 6.45) is 0. The van der Waals surface area contributed by atoms with E-state index < -0.39 is 0 Å². The second-order valence-electron chi connectivity index (χ2n) is 4.21. The molecule has 1 nitrogen and oxygen atoms in total. The van der Waals surface area contributed by atoms with Crippen LogP contribution in [0.4, 0.5) is 0 Å². The Balaban J connectivity index is 2.02. The van der Waals surface area contributed by atoms with E-state index in [0.717, 1.165) is 0 Å². The van der Waals surface area contributed by atoms with E-state index in [1.807, 2.05) is 0 Å². The van der Waals surface area contributed by atoms with Crippen molar-refractivity contribution in [3.63, 3.8) is 0 Å². The summed E-state index contributed by atoms with van der Waals surface area (Å²) in [6.45, 7) is 0. The third-order valence-electron chi connectivity index (χ3n) is 3.47. The third kappa shape index (κ3) is 0.822. The summed E-state index contributed by atoms with van der Waals surface area (Å²) in [6, 6.07) is 17.9. The molecule has 2 aromatic carbocycles. The zero-order valence-corrected chi connectivity index (χ0v) is 8.22. The molecule has 0 saturated heterocycles. The predicted molar refractivity (Wildman–Crippen MR) is 59.9 cm³/mol. The fourth-order valence-electron chi connectivity index (χ4n) is 2.82. The maximum Gasteiger partial charge on any atom is -0.0591 e. The van der Waals surface area contributed by atoms with Crippen LogP contribution in [0.2, 0.25) is 0 Å². The standard InChI is InChI=1S/C14H10N/c1-2-6-10-9(5-1)13-11-7-3-4-8-12(11)14(10)15-13/h1-8,13-14H/q-1. The van der Waals surface area contributed by atoms with Gasteiger partial charge in [0.15, 0.2) is 0 Å². The van der Waals surface area contributed by atoms with Gasteiger partial charge in [0.05, 0.1) is 0 Å². The number of benzene rings is 2.